The number of aromatic nitrogens is 2. The van der Waals surface area contributed by atoms with Crippen LogP contribution in [0, 0.1) is 6.92 Å². The smallest absolute Gasteiger partial charge is 0.263 e. The molecule has 0 unspecified atom stereocenters. The first-order valence-electron chi connectivity index (χ1n) is 8.74. The quantitative estimate of drug-likeness (QED) is 0.581. The van der Waals surface area contributed by atoms with Crippen molar-refractivity contribution in [2.24, 2.45) is 0 Å². The van der Waals surface area contributed by atoms with Gasteiger partial charge < -0.3 is 5.32 Å². The molecule has 0 aliphatic carbocycles. The number of aryl methyl sites for hydroxylation is 2. The summed E-state index contributed by atoms with van der Waals surface area (Å²) in [5.74, 6) is 0.801. The van der Waals surface area contributed by atoms with Crippen molar-refractivity contribution >= 4 is 21.7 Å². The van der Waals surface area contributed by atoms with E-state index in [1.165, 1.54) is 5.56 Å². The van der Waals surface area contributed by atoms with Gasteiger partial charge >= 0.3 is 0 Å². The number of benzene rings is 2. The Kier molecular flexibility index (Phi) is 6.03. The molecule has 2 N–H and O–H groups in total. The molecular weight excluding hydrogens is 360 g/mol. The molecule has 0 aliphatic heterocycles. The van der Waals surface area contributed by atoms with Crippen molar-refractivity contribution in [1.82, 2.24) is 10.2 Å². The maximum Gasteiger partial charge on any atom is 0.263 e. The van der Waals surface area contributed by atoms with Crippen molar-refractivity contribution in [3.05, 3.63) is 77.9 Å². The van der Waals surface area contributed by atoms with E-state index in [4.69, 9.17) is 0 Å². The summed E-state index contributed by atoms with van der Waals surface area (Å²) in [6, 6.07) is 20.4. The van der Waals surface area contributed by atoms with Gasteiger partial charge in [-0.25, -0.2) is 8.42 Å². The van der Waals surface area contributed by atoms with Gasteiger partial charge in [0.15, 0.2) is 5.82 Å². The number of anilines is 2. The molecule has 0 amide bonds. The molecule has 0 aliphatic rings. The summed E-state index contributed by atoms with van der Waals surface area (Å²) in [5, 5.41) is 11.2. The largest absolute Gasteiger partial charge is 0.369 e. The van der Waals surface area contributed by atoms with Gasteiger partial charge in [-0.05, 0) is 49.1 Å². The van der Waals surface area contributed by atoms with Crippen LogP contribution < -0.4 is 10.0 Å². The SMILES string of the molecule is Cc1ccccc1S(=O)(=O)Nc1ccc(NCCCc2ccccc2)nn1. The molecule has 2 aromatic carbocycles. The fraction of sp³-hybridized carbons (Fsp3) is 0.200. The van der Waals surface area contributed by atoms with E-state index in [1.807, 2.05) is 18.2 Å². The zero-order valence-electron chi connectivity index (χ0n) is 15.1. The maximum atomic E-state index is 12.5. The summed E-state index contributed by atoms with van der Waals surface area (Å²) in [7, 11) is -3.68. The molecule has 3 rings (SSSR count). The topological polar surface area (TPSA) is 84.0 Å². The molecule has 140 valence electrons. The van der Waals surface area contributed by atoms with E-state index in [-0.39, 0.29) is 10.7 Å². The molecule has 1 aromatic heterocycles. The molecule has 7 heteroatoms. The molecule has 0 atom stereocenters. The normalized spacial score (nSPS) is 11.1. The van der Waals surface area contributed by atoms with Crippen LogP contribution in [-0.2, 0) is 16.4 Å². The average Bonchev–Trinajstić information content (AvgIpc) is 2.67. The first kappa shape index (κ1) is 18.8. The summed E-state index contributed by atoms with van der Waals surface area (Å²) in [4.78, 5) is 0.231. The molecule has 1 heterocycles. The molecule has 0 saturated heterocycles. The zero-order valence-corrected chi connectivity index (χ0v) is 15.9. The third-order valence-corrected chi connectivity index (χ3v) is 5.59. The van der Waals surface area contributed by atoms with Crippen LogP contribution in [-0.4, -0.2) is 25.2 Å². The van der Waals surface area contributed by atoms with E-state index in [2.05, 4.69) is 32.4 Å². The number of nitrogens with one attached hydrogen (secondary N) is 2. The van der Waals surface area contributed by atoms with E-state index in [0.717, 1.165) is 19.4 Å². The van der Waals surface area contributed by atoms with Gasteiger partial charge in [0, 0.05) is 6.54 Å². The Balaban J connectivity index is 1.53. The van der Waals surface area contributed by atoms with Crippen molar-refractivity contribution in [2.45, 2.75) is 24.7 Å². The minimum Gasteiger partial charge on any atom is -0.369 e. The summed E-state index contributed by atoms with van der Waals surface area (Å²) >= 11 is 0. The van der Waals surface area contributed by atoms with Gasteiger partial charge in [0.2, 0.25) is 0 Å². The van der Waals surface area contributed by atoms with Gasteiger partial charge in [0.05, 0.1) is 4.90 Å². The molecule has 0 bridgehead atoms. The predicted molar refractivity (Wildman–Crippen MR) is 107 cm³/mol. The highest BCUT2D eigenvalue weighted by Crippen LogP contribution is 2.18. The average molecular weight is 382 g/mol. The first-order valence-corrected chi connectivity index (χ1v) is 10.2. The number of hydrogen-bond donors (Lipinski definition) is 2. The Labute approximate surface area is 159 Å². The van der Waals surface area contributed by atoms with Crippen LogP contribution in [0.3, 0.4) is 0 Å². The van der Waals surface area contributed by atoms with Crippen molar-refractivity contribution in [1.29, 1.82) is 0 Å². The summed E-state index contributed by atoms with van der Waals surface area (Å²) in [6.07, 6.45) is 1.95. The third-order valence-electron chi connectivity index (χ3n) is 4.08. The molecule has 0 saturated carbocycles. The van der Waals surface area contributed by atoms with Gasteiger partial charge in [-0.15, -0.1) is 10.2 Å². The number of rotatable bonds is 8. The third kappa shape index (κ3) is 5.27. The maximum absolute atomic E-state index is 12.5. The van der Waals surface area contributed by atoms with Crippen LogP contribution in [0.25, 0.3) is 0 Å². The summed E-state index contributed by atoms with van der Waals surface area (Å²) in [5.41, 5.74) is 1.97. The second-order valence-electron chi connectivity index (χ2n) is 6.19. The van der Waals surface area contributed by atoms with Crippen LogP contribution in [0.1, 0.15) is 17.5 Å². The molecule has 0 radical (unpaired) electrons. The van der Waals surface area contributed by atoms with Gasteiger partial charge in [0.1, 0.15) is 5.82 Å². The van der Waals surface area contributed by atoms with E-state index >= 15 is 0 Å². The van der Waals surface area contributed by atoms with Gasteiger partial charge in [0.25, 0.3) is 10.0 Å². The number of hydrogen-bond acceptors (Lipinski definition) is 5. The second-order valence-corrected chi connectivity index (χ2v) is 7.84. The number of nitrogens with zero attached hydrogens (tertiary/aromatic N) is 2. The fourth-order valence-electron chi connectivity index (χ4n) is 2.69. The minimum absolute atomic E-state index is 0.188. The van der Waals surface area contributed by atoms with Crippen molar-refractivity contribution in [3.8, 4) is 0 Å². The molecular formula is C20H22N4O2S. The Morgan fingerprint density at radius 3 is 2.22 bits per heavy atom. The lowest BCUT2D eigenvalue weighted by molar-refractivity contribution is 0.600. The highest BCUT2D eigenvalue weighted by molar-refractivity contribution is 7.92. The van der Waals surface area contributed by atoms with Crippen molar-refractivity contribution in [3.63, 3.8) is 0 Å². The highest BCUT2D eigenvalue weighted by atomic mass is 32.2. The van der Waals surface area contributed by atoms with Gasteiger partial charge in [-0.3, -0.25) is 4.72 Å². The van der Waals surface area contributed by atoms with Crippen molar-refractivity contribution in [2.75, 3.05) is 16.6 Å². The Morgan fingerprint density at radius 2 is 1.52 bits per heavy atom. The second kappa shape index (κ2) is 8.64. The van der Waals surface area contributed by atoms with Crippen molar-refractivity contribution < 1.29 is 8.42 Å². The van der Waals surface area contributed by atoms with E-state index in [1.54, 1.807) is 43.3 Å². The van der Waals surface area contributed by atoms with Crippen LogP contribution in [0.4, 0.5) is 11.6 Å². The van der Waals surface area contributed by atoms with Crippen LogP contribution in [0.2, 0.25) is 0 Å². The fourth-order valence-corrected chi connectivity index (χ4v) is 3.93. The monoisotopic (exact) mass is 382 g/mol. The lowest BCUT2D eigenvalue weighted by Gasteiger charge is -2.10. The van der Waals surface area contributed by atoms with E-state index < -0.39 is 10.0 Å². The van der Waals surface area contributed by atoms with Gasteiger partial charge in [-0.1, -0.05) is 48.5 Å². The minimum atomic E-state index is -3.68. The van der Waals surface area contributed by atoms with Crippen LogP contribution in [0.15, 0.2) is 71.6 Å². The molecule has 27 heavy (non-hydrogen) atoms. The standard InChI is InChI=1S/C20H22N4O2S/c1-16-8-5-6-12-18(16)27(25,26)24-20-14-13-19(22-23-20)21-15-7-11-17-9-3-2-4-10-17/h2-6,8-10,12-14H,7,11,15H2,1H3,(H,21,22)(H,23,24). The van der Waals surface area contributed by atoms with Crippen LogP contribution in [0.5, 0.6) is 0 Å². The lowest BCUT2D eigenvalue weighted by atomic mass is 10.1. The van der Waals surface area contributed by atoms with E-state index in [9.17, 15) is 8.42 Å². The molecule has 0 fully saturated rings. The van der Waals surface area contributed by atoms with Gasteiger partial charge in [-0.2, -0.15) is 0 Å². The first-order chi connectivity index (χ1) is 13.0. The lowest BCUT2D eigenvalue weighted by Crippen LogP contribution is -2.15. The Morgan fingerprint density at radius 1 is 0.852 bits per heavy atom. The molecule has 0 spiro atoms. The molecule has 6 nitrogen and oxygen atoms in total. The van der Waals surface area contributed by atoms with E-state index in [0.29, 0.717) is 11.4 Å². The highest BCUT2D eigenvalue weighted by Gasteiger charge is 2.17. The Bertz CT molecular complexity index is 974. The zero-order chi connectivity index (χ0) is 19.1. The van der Waals surface area contributed by atoms with Crippen LogP contribution >= 0.6 is 0 Å². The summed E-state index contributed by atoms with van der Waals surface area (Å²) in [6.45, 7) is 2.51. The number of sulfonamides is 1. The summed E-state index contributed by atoms with van der Waals surface area (Å²) < 4.78 is 27.4. The predicted octanol–water partition coefficient (Wildman–Crippen LogP) is 3.63. The Hall–Kier alpha value is -2.93. The molecule has 3 aromatic rings.